The van der Waals surface area contributed by atoms with Crippen LogP contribution in [0.15, 0.2) is 24.3 Å². The summed E-state index contributed by atoms with van der Waals surface area (Å²) in [5, 5.41) is 2.99. The molecule has 102 valence electrons. The van der Waals surface area contributed by atoms with Crippen LogP contribution in [0, 0.1) is 12.8 Å². The first kappa shape index (κ1) is 16.9. The molecule has 0 bridgehead atoms. The van der Waals surface area contributed by atoms with Crippen molar-refractivity contribution in [1.29, 1.82) is 0 Å². The molecule has 1 rings (SSSR count). The van der Waals surface area contributed by atoms with Gasteiger partial charge in [0.25, 0.3) is 5.91 Å². The molecule has 3 nitrogen and oxygen atoms in total. The van der Waals surface area contributed by atoms with Gasteiger partial charge in [-0.25, -0.2) is 0 Å². The van der Waals surface area contributed by atoms with E-state index in [-0.39, 0.29) is 24.4 Å². The van der Waals surface area contributed by atoms with Crippen LogP contribution in [0.5, 0.6) is 0 Å². The van der Waals surface area contributed by atoms with Gasteiger partial charge < -0.3 is 11.1 Å². The van der Waals surface area contributed by atoms with Crippen LogP contribution in [0.1, 0.15) is 36.2 Å². The molecule has 3 N–H and O–H groups in total. The Morgan fingerprint density at radius 1 is 1.33 bits per heavy atom. The average Bonchev–Trinajstić information content (AvgIpc) is 2.27. The zero-order valence-electron chi connectivity index (χ0n) is 11.3. The number of halogens is 1. The Labute approximate surface area is 116 Å². The smallest absolute Gasteiger partial charge is 0.251 e. The Morgan fingerprint density at radius 2 is 1.94 bits per heavy atom. The Morgan fingerprint density at radius 3 is 2.44 bits per heavy atom. The average molecular weight is 271 g/mol. The summed E-state index contributed by atoms with van der Waals surface area (Å²) >= 11 is 0. The molecule has 0 heterocycles. The van der Waals surface area contributed by atoms with Crippen molar-refractivity contribution >= 4 is 18.3 Å². The molecule has 0 spiro atoms. The van der Waals surface area contributed by atoms with Crippen molar-refractivity contribution in [2.24, 2.45) is 11.7 Å². The fraction of sp³-hybridized carbons (Fsp3) is 0.500. The highest BCUT2D eigenvalue weighted by atomic mass is 35.5. The highest BCUT2D eigenvalue weighted by Gasteiger charge is 2.14. The molecule has 0 aliphatic rings. The summed E-state index contributed by atoms with van der Waals surface area (Å²) in [5.74, 6) is 0.500. The molecule has 1 aromatic carbocycles. The minimum atomic E-state index is -0.0285. The first-order valence-electron chi connectivity index (χ1n) is 6.11. The molecule has 1 amide bonds. The number of carbonyl (C=O) groups excluding carboxylic acids is 1. The number of hydrogen-bond donors (Lipinski definition) is 2. The molecule has 0 aromatic heterocycles. The maximum Gasteiger partial charge on any atom is 0.251 e. The lowest BCUT2D eigenvalue weighted by Crippen LogP contribution is -2.41. The summed E-state index contributed by atoms with van der Waals surface area (Å²) in [6, 6.07) is 7.65. The number of aryl methyl sites for hydroxylation is 1. The van der Waals surface area contributed by atoms with Gasteiger partial charge in [-0.05, 0) is 30.9 Å². The summed E-state index contributed by atoms with van der Waals surface area (Å²) in [5.41, 5.74) is 7.39. The molecule has 1 aromatic rings. The molecule has 0 saturated carbocycles. The second-order valence-corrected chi connectivity index (χ2v) is 4.85. The summed E-state index contributed by atoms with van der Waals surface area (Å²) in [7, 11) is 0. The molecule has 0 saturated heterocycles. The lowest BCUT2D eigenvalue weighted by molar-refractivity contribution is 0.0933. The Bertz CT molecular complexity index is 380. The van der Waals surface area contributed by atoms with E-state index < -0.39 is 0 Å². The van der Waals surface area contributed by atoms with Crippen molar-refractivity contribution in [1.82, 2.24) is 5.32 Å². The molecule has 0 aliphatic carbocycles. The lowest BCUT2D eigenvalue weighted by Gasteiger charge is -2.19. The number of nitrogens with two attached hydrogens (primary N) is 1. The van der Waals surface area contributed by atoms with E-state index in [1.807, 2.05) is 31.2 Å². The van der Waals surface area contributed by atoms with Gasteiger partial charge in [0.1, 0.15) is 0 Å². The molecule has 0 aliphatic heterocycles. The second kappa shape index (κ2) is 8.11. The zero-order valence-corrected chi connectivity index (χ0v) is 12.1. The van der Waals surface area contributed by atoms with Crippen LogP contribution in [0.2, 0.25) is 0 Å². The van der Waals surface area contributed by atoms with Gasteiger partial charge in [-0.15, -0.1) is 12.4 Å². The van der Waals surface area contributed by atoms with Crippen LogP contribution in [-0.4, -0.2) is 18.5 Å². The number of nitrogens with one attached hydrogen (secondary N) is 1. The monoisotopic (exact) mass is 270 g/mol. The van der Waals surface area contributed by atoms with E-state index in [0.29, 0.717) is 12.5 Å². The lowest BCUT2D eigenvalue weighted by atomic mass is 10.0. The third-order valence-electron chi connectivity index (χ3n) is 2.77. The Kier molecular flexibility index (Phi) is 7.64. The van der Waals surface area contributed by atoms with Crippen molar-refractivity contribution in [2.45, 2.75) is 33.2 Å². The van der Waals surface area contributed by atoms with E-state index in [1.165, 1.54) is 0 Å². The van der Waals surface area contributed by atoms with Gasteiger partial charge in [-0.3, -0.25) is 4.79 Å². The summed E-state index contributed by atoms with van der Waals surface area (Å²) in [4.78, 5) is 12.0. The topological polar surface area (TPSA) is 55.1 Å². The highest BCUT2D eigenvalue weighted by Crippen LogP contribution is 2.09. The van der Waals surface area contributed by atoms with Crippen LogP contribution in [0.4, 0.5) is 0 Å². The van der Waals surface area contributed by atoms with Crippen LogP contribution in [0.3, 0.4) is 0 Å². The number of hydrogen-bond acceptors (Lipinski definition) is 2. The maximum atomic E-state index is 12.0. The molecule has 1 atom stereocenters. The fourth-order valence-corrected chi connectivity index (χ4v) is 1.87. The van der Waals surface area contributed by atoms with Crippen molar-refractivity contribution in [3.8, 4) is 0 Å². The molecule has 4 heteroatoms. The molecule has 0 fully saturated rings. The molecule has 18 heavy (non-hydrogen) atoms. The van der Waals surface area contributed by atoms with Crippen molar-refractivity contribution in [3.05, 3.63) is 35.4 Å². The molecule has 1 unspecified atom stereocenters. The van der Waals surface area contributed by atoms with Crippen LogP contribution in [-0.2, 0) is 0 Å². The van der Waals surface area contributed by atoms with Crippen LogP contribution < -0.4 is 11.1 Å². The first-order valence-corrected chi connectivity index (χ1v) is 6.11. The Hall–Kier alpha value is -1.06. The quantitative estimate of drug-likeness (QED) is 0.864. The van der Waals surface area contributed by atoms with Crippen molar-refractivity contribution < 1.29 is 4.79 Å². The SMILES string of the molecule is Cc1ccccc1C(=O)NC(CN)CC(C)C.Cl. The summed E-state index contributed by atoms with van der Waals surface area (Å²) in [6.45, 7) is 6.68. The van der Waals surface area contributed by atoms with Gasteiger partial charge in [-0.2, -0.15) is 0 Å². The van der Waals surface area contributed by atoms with Gasteiger partial charge in [0, 0.05) is 18.2 Å². The molecule has 0 radical (unpaired) electrons. The maximum absolute atomic E-state index is 12.0. The standard InChI is InChI=1S/C14H22N2O.ClH/c1-10(2)8-12(9-15)16-14(17)13-7-5-4-6-11(13)3;/h4-7,10,12H,8-9,15H2,1-3H3,(H,16,17);1H. The van der Waals surface area contributed by atoms with E-state index in [0.717, 1.165) is 17.5 Å². The third kappa shape index (κ3) is 5.07. The van der Waals surface area contributed by atoms with Gasteiger partial charge in [0.2, 0.25) is 0 Å². The minimum Gasteiger partial charge on any atom is -0.348 e. The van der Waals surface area contributed by atoms with E-state index >= 15 is 0 Å². The second-order valence-electron chi connectivity index (χ2n) is 4.85. The fourth-order valence-electron chi connectivity index (χ4n) is 1.87. The van der Waals surface area contributed by atoms with Gasteiger partial charge in [-0.1, -0.05) is 32.0 Å². The van der Waals surface area contributed by atoms with Gasteiger partial charge in [0.15, 0.2) is 0 Å². The van der Waals surface area contributed by atoms with E-state index in [1.54, 1.807) is 0 Å². The van der Waals surface area contributed by atoms with Crippen molar-refractivity contribution in [3.63, 3.8) is 0 Å². The minimum absolute atomic E-state index is 0. The van der Waals surface area contributed by atoms with Gasteiger partial charge in [0.05, 0.1) is 0 Å². The zero-order chi connectivity index (χ0) is 12.8. The normalized spacial score (nSPS) is 11.8. The predicted octanol–water partition coefficient (Wildman–Crippen LogP) is 2.52. The highest BCUT2D eigenvalue weighted by molar-refractivity contribution is 5.95. The first-order chi connectivity index (χ1) is 8.04. The number of carbonyl (C=O) groups is 1. The number of rotatable bonds is 5. The van der Waals surface area contributed by atoms with E-state index in [2.05, 4.69) is 19.2 Å². The Balaban J connectivity index is 0.00000289. The van der Waals surface area contributed by atoms with Gasteiger partial charge >= 0.3 is 0 Å². The van der Waals surface area contributed by atoms with E-state index in [4.69, 9.17) is 5.73 Å². The van der Waals surface area contributed by atoms with Crippen molar-refractivity contribution in [2.75, 3.05) is 6.54 Å². The molecular weight excluding hydrogens is 248 g/mol. The van der Waals surface area contributed by atoms with Crippen LogP contribution >= 0.6 is 12.4 Å². The summed E-state index contributed by atoms with van der Waals surface area (Å²) < 4.78 is 0. The molecular formula is C14H23ClN2O. The van der Waals surface area contributed by atoms with Crippen LogP contribution in [0.25, 0.3) is 0 Å². The predicted molar refractivity (Wildman–Crippen MR) is 78.2 cm³/mol. The third-order valence-corrected chi connectivity index (χ3v) is 2.77. The van der Waals surface area contributed by atoms with E-state index in [9.17, 15) is 4.79 Å². The largest absolute Gasteiger partial charge is 0.348 e. The number of amides is 1. The number of benzene rings is 1. The summed E-state index contributed by atoms with van der Waals surface area (Å²) in [6.07, 6.45) is 0.911.